The predicted molar refractivity (Wildman–Crippen MR) is 170 cm³/mol. The van der Waals surface area contributed by atoms with Crippen molar-refractivity contribution >= 4 is 11.8 Å². The van der Waals surface area contributed by atoms with Crippen molar-refractivity contribution in [2.75, 3.05) is 14.2 Å². The van der Waals surface area contributed by atoms with Gasteiger partial charge in [-0.15, -0.1) is 0 Å². The number of rotatable bonds is 10. The quantitative estimate of drug-likeness (QED) is 0.221. The van der Waals surface area contributed by atoms with Crippen LogP contribution >= 0.6 is 0 Å². The summed E-state index contributed by atoms with van der Waals surface area (Å²) in [5.74, 6) is -2.58. The van der Waals surface area contributed by atoms with Gasteiger partial charge in [0.15, 0.2) is 0 Å². The van der Waals surface area contributed by atoms with E-state index in [0.29, 0.717) is 12.0 Å². The number of hydrogen-bond acceptors (Lipinski definition) is 8. The van der Waals surface area contributed by atoms with E-state index in [1.54, 1.807) is 39.0 Å². The van der Waals surface area contributed by atoms with Gasteiger partial charge >= 0.3 is 5.97 Å². The molecule has 0 radical (unpaired) electrons. The first kappa shape index (κ1) is 38.5. The van der Waals surface area contributed by atoms with Crippen LogP contribution in [0.1, 0.15) is 75.2 Å². The Kier molecular flexibility index (Phi) is 16.4. The number of carbonyl (C=O) groups excluding carboxylic acids is 2. The molecule has 0 bridgehead atoms. The van der Waals surface area contributed by atoms with Gasteiger partial charge in [0.25, 0.3) is 0 Å². The Labute approximate surface area is 259 Å². The monoisotopic (exact) mass is 604 g/mol. The van der Waals surface area contributed by atoms with E-state index in [0.717, 1.165) is 11.1 Å². The van der Waals surface area contributed by atoms with Crippen molar-refractivity contribution in [3.8, 4) is 0 Å². The Balaban J connectivity index is 3.45. The zero-order valence-corrected chi connectivity index (χ0v) is 28.0. The lowest BCUT2D eigenvalue weighted by atomic mass is 9.83. The van der Waals surface area contributed by atoms with E-state index in [2.05, 4.69) is 0 Å². The average Bonchev–Trinajstić information content (AvgIpc) is 2.96. The third-order valence-corrected chi connectivity index (χ3v) is 8.39. The molecular weight excluding hydrogens is 548 g/mol. The van der Waals surface area contributed by atoms with Crippen LogP contribution in [0.2, 0.25) is 0 Å². The molecule has 0 amide bonds. The van der Waals surface area contributed by atoms with Crippen LogP contribution in [0.3, 0.4) is 0 Å². The molecule has 8 heteroatoms. The summed E-state index contributed by atoms with van der Waals surface area (Å²) < 4.78 is 17.1. The fraction of sp³-hybridized carbons (Fsp3) is 0.657. The lowest BCUT2D eigenvalue weighted by Crippen LogP contribution is -2.45. The van der Waals surface area contributed by atoms with Crippen LogP contribution in [0.15, 0.2) is 58.9 Å². The third-order valence-electron chi connectivity index (χ3n) is 8.39. The molecule has 1 heterocycles. The zero-order chi connectivity index (χ0) is 33.0. The van der Waals surface area contributed by atoms with Gasteiger partial charge in [0.1, 0.15) is 18.0 Å². The van der Waals surface area contributed by atoms with E-state index in [-0.39, 0.29) is 35.7 Å². The molecule has 1 aliphatic heterocycles. The molecule has 3 N–H and O–H groups in total. The first-order chi connectivity index (χ1) is 20.0. The van der Waals surface area contributed by atoms with Crippen molar-refractivity contribution in [3.05, 3.63) is 58.9 Å². The molecule has 43 heavy (non-hydrogen) atoms. The predicted octanol–water partition coefficient (Wildman–Crippen LogP) is 5.48. The summed E-state index contributed by atoms with van der Waals surface area (Å²) >= 11 is 0. The van der Waals surface area contributed by atoms with Gasteiger partial charge in [0.05, 0.1) is 25.4 Å². The molecule has 0 saturated carbocycles. The number of allylic oxidation sites excluding steroid dienone is 6. The molecule has 1 rings (SSSR count). The first-order valence-corrected chi connectivity index (χ1v) is 15.3. The van der Waals surface area contributed by atoms with Crippen LogP contribution in [0, 0.1) is 29.6 Å². The van der Waals surface area contributed by atoms with Crippen LogP contribution in [-0.2, 0) is 23.8 Å². The van der Waals surface area contributed by atoms with Gasteiger partial charge in [-0.1, -0.05) is 83.1 Å². The van der Waals surface area contributed by atoms with Gasteiger partial charge in [-0.25, -0.2) is 4.79 Å². The molecule has 0 saturated heterocycles. The van der Waals surface area contributed by atoms with E-state index in [1.807, 2.05) is 59.8 Å². The fourth-order valence-electron chi connectivity index (χ4n) is 5.43. The summed E-state index contributed by atoms with van der Waals surface area (Å²) in [6, 6.07) is 0. The third kappa shape index (κ3) is 11.8. The van der Waals surface area contributed by atoms with Crippen molar-refractivity contribution in [2.24, 2.45) is 29.6 Å². The van der Waals surface area contributed by atoms with E-state index in [9.17, 15) is 24.9 Å². The molecule has 0 aromatic carbocycles. The molecule has 0 fully saturated rings. The smallest absolute Gasteiger partial charge is 0.373 e. The molecule has 244 valence electrons. The Morgan fingerprint density at radius 3 is 2.33 bits per heavy atom. The number of ketones is 1. The minimum atomic E-state index is -1.15. The number of Topliss-reactive ketones (excluding diaryl/α,β-unsaturated/α-hetero) is 1. The fourth-order valence-corrected chi connectivity index (χ4v) is 5.43. The normalized spacial score (nSPS) is 32.2. The lowest BCUT2D eigenvalue weighted by molar-refractivity contribution is -0.162. The van der Waals surface area contributed by atoms with Gasteiger partial charge in [0.2, 0.25) is 5.76 Å². The molecule has 0 aromatic heterocycles. The second-order valence-corrected chi connectivity index (χ2v) is 12.6. The highest BCUT2D eigenvalue weighted by molar-refractivity contribution is 5.87. The van der Waals surface area contributed by atoms with Crippen molar-refractivity contribution in [2.45, 2.75) is 106 Å². The highest BCUT2D eigenvalue weighted by Crippen LogP contribution is 2.27. The minimum absolute atomic E-state index is 0.000111. The molecule has 8 nitrogen and oxygen atoms in total. The molecule has 0 unspecified atom stereocenters. The molecule has 1 aliphatic rings. The molecular formula is C35H56O8. The van der Waals surface area contributed by atoms with Gasteiger partial charge in [-0.3, -0.25) is 4.79 Å². The minimum Gasteiger partial charge on any atom is -0.490 e. The summed E-state index contributed by atoms with van der Waals surface area (Å²) in [6.45, 7) is 16.7. The van der Waals surface area contributed by atoms with E-state index < -0.39 is 48.3 Å². The van der Waals surface area contributed by atoms with Gasteiger partial charge in [-0.2, -0.15) is 0 Å². The van der Waals surface area contributed by atoms with Crippen molar-refractivity contribution in [1.29, 1.82) is 0 Å². The summed E-state index contributed by atoms with van der Waals surface area (Å²) in [4.78, 5) is 26.4. The Hall–Kier alpha value is -2.52. The van der Waals surface area contributed by atoms with Crippen LogP contribution in [0.5, 0.6) is 0 Å². The van der Waals surface area contributed by atoms with Gasteiger partial charge < -0.3 is 29.5 Å². The summed E-state index contributed by atoms with van der Waals surface area (Å²) in [7, 11) is 2.87. The lowest BCUT2D eigenvalue weighted by Gasteiger charge is -2.34. The number of cyclic esters (lactones) is 1. The number of esters is 1. The largest absolute Gasteiger partial charge is 0.490 e. The summed E-state index contributed by atoms with van der Waals surface area (Å²) in [5.41, 5.74) is 2.50. The maximum Gasteiger partial charge on any atom is 0.373 e. The number of carbonyl (C=O) groups is 2. The first-order valence-electron chi connectivity index (χ1n) is 15.3. The Morgan fingerprint density at radius 2 is 1.77 bits per heavy atom. The second kappa shape index (κ2) is 18.3. The standard InChI is InChI=1S/C35H56O8/c1-20(2)31(37)23(5)15-16-28(36)26(8)33(39)27(9)34-29(41-10)14-12-13-21(3)17-24(6)32(38)25(7)18-22(4)19-30(42-11)35(40)43-34/h12-15,18-20,24-27,29,31-34,37-39H,16-17H2,1-11H3/b14-12+,21-13+,22-18+,23-15+,30-19-/t24-,25+,26+,27-,29-,31+,32-,33-,34+/m0/s1. The second-order valence-electron chi connectivity index (χ2n) is 12.6. The SMILES string of the molecule is CO/C1=C\C(C)=C\[C@@H](C)[C@@H](O)[C@@H](C)C/C(C)=C/C=C/[C@H](OC)[C@@H]([C@@H](C)[C@@H](O)[C@H](C)C(=O)C/C=C(\C)[C@H](O)C(C)C)OC1=O. The van der Waals surface area contributed by atoms with E-state index in [4.69, 9.17) is 14.2 Å². The van der Waals surface area contributed by atoms with Crippen LogP contribution in [-0.4, -0.2) is 71.8 Å². The average molecular weight is 605 g/mol. The van der Waals surface area contributed by atoms with Gasteiger partial charge in [-0.05, 0) is 50.7 Å². The highest BCUT2D eigenvalue weighted by Gasteiger charge is 2.38. The van der Waals surface area contributed by atoms with Crippen LogP contribution in [0.25, 0.3) is 0 Å². The van der Waals surface area contributed by atoms with Crippen LogP contribution < -0.4 is 0 Å². The van der Waals surface area contributed by atoms with E-state index >= 15 is 0 Å². The van der Waals surface area contributed by atoms with Crippen molar-refractivity contribution < 1.29 is 39.1 Å². The maximum absolute atomic E-state index is 13.4. The number of aliphatic hydroxyl groups is 3. The Bertz CT molecular complexity index is 1070. The number of aliphatic hydroxyl groups excluding tert-OH is 3. The molecule has 0 aliphatic carbocycles. The summed E-state index contributed by atoms with van der Waals surface area (Å²) in [6.07, 6.45) is 7.35. The summed E-state index contributed by atoms with van der Waals surface area (Å²) in [5, 5.41) is 32.5. The topological polar surface area (TPSA) is 123 Å². The van der Waals surface area contributed by atoms with Crippen LogP contribution in [0.4, 0.5) is 0 Å². The maximum atomic E-state index is 13.4. The number of ether oxygens (including phenoxy) is 3. The van der Waals surface area contributed by atoms with E-state index in [1.165, 1.54) is 14.2 Å². The van der Waals surface area contributed by atoms with Gasteiger partial charge in [0, 0.05) is 31.3 Å². The van der Waals surface area contributed by atoms with Crippen molar-refractivity contribution in [3.63, 3.8) is 0 Å². The van der Waals surface area contributed by atoms with Crippen molar-refractivity contribution in [1.82, 2.24) is 0 Å². The molecule has 0 aromatic rings. The molecule has 9 atom stereocenters. The zero-order valence-electron chi connectivity index (χ0n) is 28.0. The number of methoxy groups -OCH3 is 2. The number of hydrogen-bond donors (Lipinski definition) is 3. The highest BCUT2D eigenvalue weighted by atomic mass is 16.6. The molecule has 0 spiro atoms. The Morgan fingerprint density at radius 1 is 1.14 bits per heavy atom.